The maximum atomic E-state index is 11.7. The Kier molecular flexibility index (Phi) is 6.75. The third-order valence-corrected chi connectivity index (χ3v) is 3.84. The van der Waals surface area contributed by atoms with Crippen molar-refractivity contribution in [1.29, 1.82) is 5.26 Å². The van der Waals surface area contributed by atoms with Crippen LogP contribution in [0.25, 0.3) is 0 Å². The van der Waals surface area contributed by atoms with E-state index in [1.807, 2.05) is 6.07 Å². The number of amidine groups is 1. The van der Waals surface area contributed by atoms with Crippen LogP contribution in [-0.4, -0.2) is 44.1 Å². The number of esters is 1. The van der Waals surface area contributed by atoms with Gasteiger partial charge in [-0.1, -0.05) is 0 Å². The van der Waals surface area contributed by atoms with E-state index in [9.17, 15) is 9.59 Å². The molecule has 1 aliphatic heterocycles. The molecule has 26 heavy (non-hydrogen) atoms. The number of nitriles is 1. The van der Waals surface area contributed by atoms with Crippen LogP contribution in [0.1, 0.15) is 5.56 Å². The summed E-state index contributed by atoms with van der Waals surface area (Å²) in [5, 5.41) is 19.1. The molecule has 0 aromatic heterocycles. The highest BCUT2D eigenvalue weighted by Crippen LogP contribution is 2.27. The van der Waals surface area contributed by atoms with Crippen molar-refractivity contribution in [1.82, 2.24) is 5.32 Å². The first-order chi connectivity index (χ1) is 12.6. The Bertz CT molecular complexity index is 842. The molecule has 1 N–H and O–H groups in total. The fourth-order valence-electron chi connectivity index (χ4n) is 1.78. The summed E-state index contributed by atoms with van der Waals surface area (Å²) in [6.07, 6.45) is 2.54. The maximum absolute atomic E-state index is 11.7. The predicted octanol–water partition coefficient (Wildman–Crippen LogP) is 1.21. The number of thioether (sulfide) groups is 1. The number of carbonyl (C=O) groups excluding carboxylic acids is 2. The van der Waals surface area contributed by atoms with Gasteiger partial charge in [0.25, 0.3) is 5.91 Å². The smallest absolute Gasteiger partial charge is 0.331 e. The van der Waals surface area contributed by atoms with Crippen LogP contribution in [0.3, 0.4) is 0 Å². The molecule has 0 aliphatic carbocycles. The molecule has 0 atom stereocenters. The molecule has 1 aromatic carbocycles. The molecule has 0 spiro atoms. The molecule has 0 saturated carbocycles. The van der Waals surface area contributed by atoms with E-state index in [1.54, 1.807) is 18.2 Å². The van der Waals surface area contributed by atoms with Gasteiger partial charge in [-0.15, -0.1) is 5.10 Å². The van der Waals surface area contributed by atoms with E-state index in [4.69, 9.17) is 14.7 Å². The molecule has 0 bridgehead atoms. The van der Waals surface area contributed by atoms with Gasteiger partial charge in [0.2, 0.25) is 0 Å². The summed E-state index contributed by atoms with van der Waals surface area (Å²) in [7, 11) is 2.71. The largest absolute Gasteiger partial charge is 0.493 e. The van der Waals surface area contributed by atoms with Crippen LogP contribution in [0.15, 0.2) is 39.4 Å². The minimum Gasteiger partial charge on any atom is -0.493 e. The molecule has 1 aromatic rings. The highest BCUT2D eigenvalue weighted by Gasteiger charge is 2.24. The van der Waals surface area contributed by atoms with Gasteiger partial charge < -0.3 is 14.2 Å². The van der Waals surface area contributed by atoms with E-state index in [2.05, 4.69) is 20.3 Å². The van der Waals surface area contributed by atoms with Crippen LogP contribution >= 0.6 is 11.8 Å². The zero-order chi connectivity index (χ0) is 18.9. The molecule has 1 saturated heterocycles. The second kappa shape index (κ2) is 9.24. The normalized spacial score (nSPS) is 16.6. The molecule has 9 nitrogen and oxygen atoms in total. The lowest BCUT2D eigenvalue weighted by Crippen LogP contribution is -2.19. The Labute approximate surface area is 153 Å². The minimum atomic E-state index is -0.627. The first-order valence-electron chi connectivity index (χ1n) is 7.15. The Morgan fingerprint density at radius 3 is 2.88 bits per heavy atom. The molecule has 0 unspecified atom stereocenters. The topological polar surface area (TPSA) is 122 Å². The molecule has 134 valence electrons. The summed E-state index contributed by atoms with van der Waals surface area (Å²) < 4.78 is 14.9. The third kappa shape index (κ3) is 5.09. The van der Waals surface area contributed by atoms with Crippen LogP contribution in [0.5, 0.6) is 11.5 Å². The maximum Gasteiger partial charge on any atom is 0.331 e. The average Bonchev–Trinajstić information content (AvgIpc) is 2.99. The van der Waals surface area contributed by atoms with Crippen LogP contribution in [0, 0.1) is 11.3 Å². The van der Waals surface area contributed by atoms with E-state index in [-0.39, 0.29) is 16.7 Å². The van der Waals surface area contributed by atoms with Gasteiger partial charge in [0, 0.05) is 6.08 Å². The van der Waals surface area contributed by atoms with Crippen LogP contribution in [0.4, 0.5) is 0 Å². The van der Waals surface area contributed by atoms with Crippen molar-refractivity contribution in [2.75, 3.05) is 20.8 Å². The highest BCUT2D eigenvalue weighted by molar-refractivity contribution is 8.18. The summed E-state index contributed by atoms with van der Waals surface area (Å²) in [5.74, 6) is -0.189. The Morgan fingerprint density at radius 1 is 1.38 bits per heavy atom. The van der Waals surface area contributed by atoms with Crippen LogP contribution in [0.2, 0.25) is 0 Å². The Hall–Kier alpha value is -3.32. The van der Waals surface area contributed by atoms with E-state index < -0.39 is 11.9 Å². The number of nitrogens with zero attached hydrogens (tertiary/aromatic N) is 3. The van der Waals surface area contributed by atoms with Gasteiger partial charge in [0.05, 0.1) is 25.3 Å². The first kappa shape index (κ1) is 19.0. The molecule has 1 heterocycles. The van der Waals surface area contributed by atoms with Crippen molar-refractivity contribution in [3.63, 3.8) is 0 Å². The van der Waals surface area contributed by atoms with E-state index in [0.717, 1.165) is 17.8 Å². The lowest BCUT2D eigenvalue weighted by atomic mass is 10.2. The number of nitrogens with one attached hydrogen (secondary N) is 1. The Morgan fingerprint density at radius 2 is 2.19 bits per heavy atom. The summed E-state index contributed by atoms with van der Waals surface area (Å²) >= 11 is 0.977. The summed E-state index contributed by atoms with van der Waals surface area (Å²) in [4.78, 5) is 23.0. The zero-order valence-corrected chi connectivity index (χ0v) is 14.7. The monoisotopic (exact) mass is 374 g/mol. The zero-order valence-electron chi connectivity index (χ0n) is 13.9. The molecule has 0 radical (unpaired) electrons. The SMILES string of the molecule is COC(=O)/C=C1/S/C(=N\N=Cc2ccc(OCC#N)c(OC)c2)NC1=O. The predicted molar refractivity (Wildman–Crippen MR) is 95.0 cm³/mol. The van der Waals surface area contributed by atoms with Crippen LogP contribution in [-0.2, 0) is 14.3 Å². The number of benzene rings is 1. The molecule has 1 fully saturated rings. The van der Waals surface area contributed by atoms with Crippen LogP contribution < -0.4 is 14.8 Å². The van der Waals surface area contributed by atoms with E-state index in [1.165, 1.54) is 20.4 Å². The summed E-state index contributed by atoms with van der Waals surface area (Å²) in [6, 6.07) is 6.90. The van der Waals surface area contributed by atoms with Crippen molar-refractivity contribution >= 4 is 35.0 Å². The van der Waals surface area contributed by atoms with Gasteiger partial charge >= 0.3 is 5.97 Å². The van der Waals surface area contributed by atoms with Gasteiger partial charge in [-0.05, 0) is 35.5 Å². The molecule has 10 heteroatoms. The van der Waals surface area contributed by atoms with E-state index in [0.29, 0.717) is 17.1 Å². The number of carbonyl (C=O) groups is 2. The molecular formula is C16H14N4O5S. The molecule has 1 amide bonds. The van der Waals surface area contributed by atoms with Crippen molar-refractivity contribution in [2.24, 2.45) is 10.2 Å². The standard InChI is InChI=1S/C16H14N4O5S/c1-23-12-7-10(3-4-11(12)25-6-5-17)9-18-20-16-19-15(22)13(26-16)8-14(21)24-2/h3-4,7-9H,6H2,1-2H3,(H,19,20,22)/b13-8+,18-9?. The number of hydrogen-bond donors (Lipinski definition) is 1. The lowest BCUT2D eigenvalue weighted by molar-refractivity contribution is -0.135. The fraction of sp³-hybridized carbons (Fsp3) is 0.188. The van der Waals surface area contributed by atoms with Crippen molar-refractivity contribution in [3.05, 3.63) is 34.7 Å². The average molecular weight is 374 g/mol. The second-order valence-corrected chi connectivity index (χ2v) is 5.63. The minimum absolute atomic E-state index is 0.0875. The van der Waals surface area contributed by atoms with E-state index >= 15 is 0 Å². The van der Waals surface area contributed by atoms with Gasteiger partial charge in [-0.25, -0.2) is 4.79 Å². The second-order valence-electron chi connectivity index (χ2n) is 4.59. The number of hydrogen-bond acceptors (Lipinski definition) is 9. The number of rotatable bonds is 6. The quantitative estimate of drug-likeness (QED) is 0.344. The summed E-state index contributed by atoms with van der Waals surface area (Å²) in [5.41, 5.74) is 0.676. The number of ether oxygens (including phenoxy) is 3. The van der Waals surface area contributed by atoms with Gasteiger partial charge in [-0.2, -0.15) is 10.4 Å². The van der Waals surface area contributed by atoms with Crippen molar-refractivity contribution < 1.29 is 23.8 Å². The van der Waals surface area contributed by atoms with Gasteiger partial charge in [0.1, 0.15) is 6.07 Å². The van der Waals surface area contributed by atoms with Crippen molar-refractivity contribution in [3.8, 4) is 17.6 Å². The third-order valence-electron chi connectivity index (χ3n) is 2.94. The highest BCUT2D eigenvalue weighted by atomic mass is 32.2. The molecule has 1 aliphatic rings. The fourth-order valence-corrected chi connectivity index (χ4v) is 2.52. The molecule has 2 rings (SSSR count). The number of methoxy groups -OCH3 is 2. The Balaban J connectivity index is 2.07. The molecular weight excluding hydrogens is 360 g/mol. The summed E-state index contributed by atoms with van der Waals surface area (Å²) in [6.45, 7) is -0.0875. The van der Waals surface area contributed by atoms with Gasteiger partial charge in [-0.3, -0.25) is 10.1 Å². The van der Waals surface area contributed by atoms with Gasteiger partial charge in [0.15, 0.2) is 23.3 Å². The first-order valence-corrected chi connectivity index (χ1v) is 7.96. The lowest BCUT2D eigenvalue weighted by Gasteiger charge is -2.08. The number of amides is 1. The van der Waals surface area contributed by atoms with Crippen molar-refractivity contribution in [2.45, 2.75) is 0 Å².